The van der Waals surface area contributed by atoms with Crippen molar-refractivity contribution < 1.29 is 26.4 Å². The minimum absolute atomic E-state index is 0.0220. The van der Waals surface area contributed by atoms with Gasteiger partial charge >= 0.3 is 6.18 Å². The maximum absolute atomic E-state index is 13.1. The zero-order chi connectivity index (χ0) is 23.5. The van der Waals surface area contributed by atoms with Crippen LogP contribution in [0.4, 0.5) is 13.2 Å². The SMILES string of the molecule is CC(c1nncn1C)N(Cc1ccccn1)C(=O)CS(=O)(=O)c1cccc(C(F)(F)F)c1. The topological polar surface area (TPSA) is 98.1 Å². The Labute approximate surface area is 182 Å². The first-order valence-corrected chi connectivity index (χ1v) is 11.1. The number of alkyl halides is 3. The molecule has 0 radical (unpaired) electrons. The molecule has 0 spiro atoms. The highest BCUT2D eigenvalue weighted by Crippen LogP contribution is 2.31. The molecule has 2 aromatic heterocycles. The second-order valence-corrected chi connectivity index (χ2v) is 9.09. The maximum atomic E-state index is 13.1. The first-order valence-electron chi connectivity index (χ1n) is 9.42. The molecule has 0 fully saturated rings. The molecule has 12 heteroatoms. The number of rotatable bonds is 7. The fourth-order valence-electron chi connectivity index (χ4n) is 3.11. The zero-order valence-corrected chi connectivity index (χ0v) is 18.0. The standard InChI is InChI=1S/C20H20F3N5O3S/c1-14(19-26-25-13-27(19)2)28(11-16-7-3-4-9-24-16)18(29)12-32(30,31)17-8-5-6-15(10-17)20(21,22)23/h3-10,13-14H,11-12H2,1-2H3. The van der Waals surface area contributed by atoms with Crippen LogP contribution in [0.15, 0.2) is 59.9 Å². The van der Waals surface area contributed by atoms with Crippen molar-refractivity contribution in [1.29, 1.82) is 0 Å². The van der Waals surface area contributed by atoms with E-state index in [-0.39, 0.29) is 6.54 Å². The fraction of sp³-hybridized carbons (Fsp3) is 0.300. The summed E-state index contributed by atoms with van der Waals surface area (Å²) in [7, 11) is -2.67. The summed E-state index contributed by atoms with van der Waals surface area (Å²) in [6, 6.07) is 7.74. The zero-order valence-electron chi connectivity index (χ0n) is 17.2. The first kappa shape index (κ1) is 23.4. The van der Waals surface area contributed by atoms with Crippen LogP contribution in [0.1, 0.15) is 30.0 Å². The van der Waals surface area contributed by atoms with Gasteiger partial charge in [0.2, 0.25) is 5.91 Å². The first-order chi connectivity index (χ1) is 15.0. The van der Waals surface area contributed by atoms with E-state index in [4.69, 9.17) is 0 Å². The van der Waals surface area contributed by atoms with E-state index in [0.717, 1.165) is 18.2 Å². The summed E-state index contributed by atoms with van der Waals surface area (Å²) in [5.74, 6) is -1.40. The van der Waals surface area contributed by atoms with Crippen molar-refractivity contribution in [2.24, 2.45) is 7.05 Å². The number of benzene rings is 1. The molecule has 1 amide bonds. The average molecular weight is 467 g/mol. The summed E-state index contributed by atoms with van der Waals surface area (Å²) < 4.78 is 66.2. The Morgan fingerprint density at radius 1 is 1.19 bits per heavy atom. The largest absolute Gasteiger partial charge is 0.416 e. The van der Waals surface area contributed by atoms with E-state index in [9.17, 15) is 26.4 Å². The molecule has 3 aromatic rings. The molecule has 3 rings (SSSR count). The van der Waals surface area contributed by atoms with Crippen LogP contribution in [-0.4, -0.2) is 44.7 Å². The van der Waals surface area contributed by atoms with Gasteiger partial charge in [-0.25, -0.2) is 8.42 Å². The Balaban J connectivity index is 1.91. The number of carbonyl (C=O) groups is 1. The van der Waals surface area contributed by atoms with Crippen LogP contribution in [0.25, 0.3) is 0 Å². The molecule has 0 N–H and O–H groups in total. The third kappa shape index (κ3) is 5.31. The summed E-state index contributed by atoms with van der Waals surface area (Å²) in [5.41, 5.74) is -0.602. The normalized spacial score (nSPS) is 13.0. The molecule has 0 saturated heterocycles. The molecule has 0 aliphatic rings. The Kier molecular flexibility index (Phi) is 6.63. The third-order valence-electron chi connectivity index (χ3n) is 4.80. The molecule has 1 atom stereocenters. The number of nitrogens with zero attached hydrogens (tertiary/aromatic N) is 5. The Morgan fingerprint density at radius 3 is 2.53 bits per heavy atom. The van der Waals surface area contributed by atoms with E-state index < -0.39 is 44.2 Å². The van der Waals surface area contributed by atoms with Gasteiger partial charge in [-0.05, 0) is 37.3 Å². The molecule has 170 valence electrons. The van der Waals surface area contributed by atoms with Crippen molar-refractivity contribution >= 4 is 15.7 Å². The molecule has 0 aliphatic heterocycles. The second kappa shape index (κ2) is 9.07. The smallest absolute Gasteiger partial charge is 0.326 e. The average Bonchev–Trinajstić information content (AvgIpc) is 3.17. The molecule has 1 unspecified atom stereocenters. The summed E-state index contributed by atoms with van der Waals surface area (Å²) in [5, 5.41) is 7.76. The quantitative estimate of drug-likeness (QED) is 0.530. The van der Waals surface area contributed by atoms with Crippen molar-refractivity contribution in [3.05, 3.63) is 72.1 Å². The minimum atomic E-state index is -4.71. The van der Waals surface area contributed by atoms with Gasteiger partial charge in [0.15, 0.2) is 15.7 Å². The summed E-state index contributed by atoms with van der Waals surface area (Å²) >= 11 is 0. The molecule has 1 aromatic carbocycles. The lowest BCUT2D eigenvalue weighted by atomic mass is 10.2. The number of halogens is 3. The van der Waals surface area contributed by atoms with E-state index in [1.54, 1.807) is 36.7 Å². The summed E-state index contributed by atoms with van der Waals surface area (Å²) in [6.07, 6.45) is -1.74. The number of hydrogen-bond acceptors (Lipinski definition) is 6. The predicted molar refractivity (Wildman–Crippen MR) is 108 cm³/mol. The molecular formula is C20H20F3N5O3S. The Hall–Kier alpha value is -3.28. The van der Waals surface area contributed by atoms with Gasteiger partial charge in [-0.2, -0.15) is 13.2 Å². The highest BCUT2D eigenvalue weighted by Gasteiger charge is 2.33. The molecule has 8 nitrogen and oxygen atoms in total. The lowest BCUT2D eigenvalue weighted by Gasteiger charge is -2.28. The second-order valence-electron chi connectivity index (χ2n) is 7.10. The highest BCUT2D eigenvalue weighted by atomic mass is 32.2. The number of aryl methyl sites for hydroxylation is 1. The van der Waals surface area contributed by atoms with Crippen LogP contribution < -0.4 is 0 Å². The molecule has 0 aliphatic carbocycles. The molecule has 32 heavy (non-hydrogen) atoms. The van der Waals surface area contributed by atoms with Crippen LogP contribution in [0.3, 0.4) is 0 Å². The number of carbonyl (C=O) groups excluding carboxylic acids is 1. The fourth-order valence-corrected chi connectivity index (χ4v) is 4.36. The van der Waals surface area contributed by atoms with E-state index in [1.165, 1.54) is 17.4 Å². The number of sulfone groups is 1. The van der Waals surface area contributed by atoms with E-state index in [0.29, 0.717) is 17.6 Å². The van der Waals surface area contributed by atoms with Crippen LogP contribution in [0, 0.1) is 0 Å². The van der Waals surface area contributed by atoms with Gasteiger partial charge in [0.25, 0.3) is 0 Å². The Bertz CT molecular complexity index is 1200. The molecule has 0 bridgehead atoms. The van der Waals surface area contributed by atoms with Gasteiger partial charge in [-0.3, -0.25) is 9.78 Å². The van der Waals surface area contributed by atoms with Gasteiger partial charge < -0.3 is 9.47 Å². The summed E-state index contributed by atoms with van der Waals surface area (Å²) in [6.45, 7) is 1.63. The minimum Gasteiger partial charge on any atom is -0.326 e. The van der Waals surface area contributed by atoms with Gasteiger partial charge in [-0.1, -0.05) is 12.1 Å². The van der Waals surface area contributed by atoms with Crippen molar-refractivity contribution in [2.45, 2.75) is 30.6 Å². The van der Waals surface area contributed by atoms with Crippen molar-refractivity contribution in [1.82, 2.24) is 24.6 Å². The van der Waals surface area contributed by atoms with Gasteiger partial charge in [0.05, 0.1) is 28.7 Å². The number of pyridine rings is 1. The van der Waals surface area contributed by atoms with E-state index in [2.05, 4.69) is 15.2 Å². The van der Waals surface area contributed by atoms with Gasteiger partial charge in [-0.15, -0.1) is 10.2 Å². The maximum Gasteiger partial charge on any atom is 0.416 e. The molecular weight excluding hydrogens is 447 g/mol. The number of aromatic nitrogens is 4. The monoisotopic (exact) mass is 467 g/mol. The number of amides is 1. The van der Waals surface area contributed by atoms with Crippen LogP contribution in [0.5, 0.6) is 0 Å². The third-order valence-corrected chi connectivity index (χ3v) is 6.40. The van der Waals surface area contributed by atoms with Crippen molar-refractivity contribution in [2.75, 3.05) is 5.75 Å². The van der Waals surface area contributed by atoms with Crippen molar-refractivity contribution in [3.63, 3.8) is 0 Å². The van der Waals surface area contributed by atoms with Crippen molar-refractivity contribution in [3.8, 4) is 0 Å². The summed E-state index contributed by atoms with van der Waals surface area (Å²) in [4.78, 5) is 18.0. The Morgan fingerprint density at radius 2 is 1.94 bits per heavy atom. The van der Waals surface area contributed by atoms with E-state index in [1.807, 2.05) is 0 Å². The highest BCUT2D eigenvalue weighted by molar-refractivity contribution is 7.92. The lowest BCUT2D eigenvalue weighted by Crippen LogP contribution is -2.38. The molecule has 0 saturated carbocycles. The molecule has 2 heterocycles. The predicted octanol–water partition coefficient (Wildman–Crippen LogP) is 2.79. The van der Waals surface area contributed by atoms with Gasteiger partial charge in [0, 0.05) is 13.2 Å². The van der Waals surface area contributed by atoms with Crippen LogP contribution in [0.2, 0.25) is 0 Å². The lowest BCUT2D eigenvalue weighted by molar-refractivity contribution is -0.137. The van der Waals surface area contributed by atoms with Crippen LogP contribution in [-0.2, 0) is 34.4 Å². The number of hydrogen-bond donors (Lipinski definition) is 0. The van der Waals surface area contributed by atoms with Gasteiger partial charge in [0.1, 0.15) is 12.1 Å². The van der Waals surface area contributed by atoms with Crippen LogP contribution >= 0.6 is 0 Å². The van der Waals surface area contributed by atoms with E-state index >= 15 is 0 Å².